The monoisotopic (exact) mass is 541 g/mol. The van der Waals surface area contributed by atoms with Crippen molar-refractivity contribution >= 4 is 41.6 Å². The van der Waals surface area contributed by atoms with Crippen LogP contribution in [0.1, 0.15) is 28.8 Å². The fourth-order valence-corrected chi connectivity index (χ4v) is 3.80. The van der Waals surface area contributed by atoms with Gasteiger partial charge < -0.3 is 20.1 Å². The molecule has 39 heavy (non-hydrogen) atoms. The van der Waals surface area contributed by atoms with Crippen molar-refractivity contribution in [1.29, 1.82) is 0 Å². The van der Waals surface area contributed by atoms with Crippen molar-refractivity contribution in [3.05, 3.63) is 63.7 Å². The zero-order chi connectivity index (χ0) is 28.4. The minimum absolute atomic E-state index is 0.0217. The van der Waals surface area contributed by atoms with Crippen LogP contribution in [0.4, 0.5) is 16.2 Å². The van der Waals surface area contributed by atoms with E-state index in [0.717, 1.165) is 4.90 Å². The van der Waals surface area contributed by atoms with E-state index in [1.54, 1.807) is 25.1 Å². The molecule has 0 spiro atoms. The Bertz CT molecular complexity index is 1250. The molecule has 1 fully saturated rings. The van der Waals surface area contributed by atoms with E-state index >= 15 is 0 Å². The van der Waals surface area contributed by atoms with Crippen LogP contribution in [0.5, 0.6) is 5.75 Å². The molecule has 5 amide bonds. The van der Waals surface area contributed by atoms with Gasteiger partial charge in [-0.25, -0.2) is 4.79 Å². The van der Waals surface area contributed by atoms with E-state index < -0.39 is 34.8 Å². The number of amides is 5. The van der Waals surface area contributed by atoms with Gasteiger partial charge in [0.25, 0.3) is 11.6 Å². The van der Waals surface area contributed by atoms with Crippen LogP contribution in [0.15, 0.2) is 42.5 Å². The number of rotatable bonds is 12. The van der Waals surface area contributed by atoms with Crippen LogP contribution in [0.25, 0.3) is 0 Å². The molecule has 1 aliphatic heterocycles. The highest BCUT2D eigenvalue weighted by Gasteiger charge is 2.35. The van der Waals surface area contributed by atoms with Crippen LogP contribution in [-0.4, -0.2) is 72.4 Å². The fourth-order valence-electron chi connectivity index (χ4n) is 3.80. The lowest BCUT2D eigenvalue weighted by Crippen LogP contribution is -2.54. The number of carbonyl (C=O) groups excluding carboxylic acids is 5. The normalized spacial score (nSPS) is 14.6. The number of hydrogen-bond donors (Lipinski definition) is 3. The first kappa shape index (κ1) is 28.7. The minimum atomic E-state index is -1.08. The molecular weight excluding hydrogens is 514 g/mol. The lowest BCUT2D eigenvalue weighted by Gasteiger charge is -2.29. The molecule has 2 aromatic carbocycles. The number of benzene rings is 2. The molecule has 0 aromatic heterocycles. The quantitative estimate of drug-likeness (QED) is 0.117. The van der Waals surface area contributed by atoms with Crippen LogP contribution >= 0.6 is 0 Å². The lowest BCUT2D eigenvalue weighted by atomic mass is 10.0. The third kappa shape index (κ3) is 7.82. The third-order valence-corrected chi connectivity index (χ3v) is 5.72. The van der Waals surface area contributed by atoms with Gasteiger partial charge in [0, 0.05) is 37.3 Å². The molecule has 0 saturated carbocycles. The maximum atomic E-state index is 13.2. The molecule has 14 nitrogen and oxygen atoms in total. The summed E-state index contributed by atoms with van der Waals surface area (Å²) in [6.45, 7) is 2.50. The molecule has 2 aromatic rings. The highest BCUT2D eigenvalue weighted by molar-refractivity contribution is 6.09. The molecule has 3 rings (SSSR count). The second-order valence-corrected chi connectivity index (χ2v) is 8.39. The van der Waals surface area contributed by atoms with E-state index in [2.05, 4.69) is 16.0 Å². The first-order valence-corrected chi connectivity index (χ1v) is 11.9. The molecule has 1 heterocycles. The van der Waals surface area contributed by atoms with Crippen molar-refractivity contribution in [1.82, 2.24) is 15.5 Å². The van der Waals surface area contributed by atoms with E-state index in [0.29, 0.717) is 17.7 Å². The van der Waals surface area contributed by atoms with Crippen LogP contribution < -0.4 is 20.7 Å². The second kappa shape index (κ2) is 13.6. The van der Waals surface area contributed by atoms with Gasteiger partial charge >= 0.3 is 6.09 Å². The molecule has 0 radical (unpaired) electrons. The van der Waals surface area contributed by atoms with Gasteiger partial charge in [0.15, 0.2) is 0 Å². The van der Waals surface area contributed by atoms with E-state index in [1.165, 1.54) is 24.3 Å². The molecule has 1 atom stereocenters. The summed E-state index contributed by atoms with van der Waals surface area (Å²) in [7, 11) is 0. The average Bonchev–Trinajstić information content (AvgIpc) is 2.90. The fraction of sp³-hybridized carbons (Fsp3) is 0.320. The lowest BCUT2D eigenvalue weighted by molar-refractivity contribution is -0.384. The highest BCUT2D eigenvalue weighted by Crippen LogP contribution is 2.24. The van der Waals surface area contributed by atoms with Gasteiger partial charge in [0.1, 0.15) is 11.8 Å². The number of piperidine rings is 1. The first-order chi connectivity index (χ1) is 18.7. The van der Waals surface area contributed by atoms with E-state index in [1.807, 2.05) is 0 Å². The van der Waals surface area contributed by atoms with Crippen LogP contribution in [-0.2, 0) is 19.1 Å². The number of imide groups is 2. The van der Waals surface area contributed by atoms with E-state index in [9.17, 15) is 34.1 Å². The van der Waals surface area contributed by atoms with Crippen molar-refractivity contribution in [2.75, 3.05) is 31.6 Å². The Labute approximate surface area is 222 Å². The minimum Gasteiger partial charge on any atom is -0.410 e. The number of carbonyl (C=O) groups is 5. The summed E-state index contributed by atoms with van der Waals surface area (Å²) in [5.74, 6) is -1.67. The van der Waals surface area contributed by atoms with Crippen LogP contribution in [0.2, 0.25) is 0 Å². The van der Waals surface area contributed by atoms with Gasteiger partial charge in [0.05, 0.1) is 23.7 Å². The zero-order valence-corrected chi connectivity index (χ0v) is 21.0. The molecule has 3 N–H and O–H groups in total. The van der Waals surface area contributed by atoms with E-state index in [-0.39, 0.29) is 56.1 Å². The van der Waals surface area contributed by atoms with E-state index in [4.69, 9.17) is 9.47 Å². The molecule has 1 aliphatic rings. The van der Waals surface area contributed by atoms with Crippen LogP contribution in [0.3, 0.4) is 0 Å². The van der Waals surface area contributed by atoms with Crippen molar-refractivity contribution in [3.8, 4) is 5.75 Å². The Morgan fingerprint density at radius 3 is 2.54 bits per heavy atom. The molecular formula is C25H27N5O9. The SMILES string of the molecule is Cc1cccc(NCCOCCNC(=O)Oc2ccc([N+](=O)[O-])cc2)c1C(=O)N(C=O)C1CCC(=O)NC1=O. The number of aryl methyl sites for hydroxylation is 1. The molecule has 14 heteroatoms. The summed E-state index contributed by atoms with van der Waals surface area (Å²) < 4.78 is 10.5. The summed E-state index contributed by atoms with van der Waals surface area (Å²) in [6, 6.07) is 9.06. The standard InChI is InChI=1S/C25H27N5O9/c1-16-3-2-4-19(22(16)24(34)29(15-31)20-9-10-21(32)28-23(20)33)26-11-13-38-14-12-27-25(35)39-18-7-5-17(6-8-18)30(36)37/h2-8,15,20,26H,9-14H2,1H3,(H,27,35)(H,28,32,33). The average molecular weight is 542 g/mol. The number of nitro benzene ring substituents is 1. The Balaban J connectivity index is 1.45. The summed E-state index contributed by atoms with van der Waals surface area (Å²) in [6.07, 6.45) is -0.383. The Kier molecular flexibility index (Phi) is 10.0. The summed E-state index contributed by atoms with van der Waals surface area (Å²) >= 11 is 0. The molecule has 0 aliphatic carbocycles. The number of ether oxygens (including phenoxy) is 2. The largest absolute Gasteiger partial charge is 0.412 e. The van der Waals surface area contributed by atoms with Gasteiger partial charge in [-0.1, -0.05) is 12.1 Å². The zero-order valence-electron chi connectivity index (χ0n) is 21.0. The number of nitrogens with one attached hydrogen (secondary N) is 3. The predicted octanol–water partition coefficient (Wildman–Crippen LogP) is 1.52. The second-order valence-electron chi connectivity index (χ2n) is 8.39. The van der Waals surface area contributed by atoms with Crippen molar-refractivity contribution in [2.45, 2.75) is 25.8 Å². The molecule has 206 valence electrons. The number of anilines is 1. The molecule has 1 unspecified atom stereocenters. The van der Waals surface area contributed by atoms with Gasteiger partial charge in [-0.15, -0.1) is 0 Å². The Morgan fingerprint density at radius 2 is 1.87 bits per heavy atom. The predicted molar refractivity (Wildman–Crippen MR) is 136 cm³/mol. The van der Waals surface area contributed by atoms with Crippen molar-refractivity contribution in [2.24, 2.45) is 0 Å². The maximum absolute atomic E-state index is 13.2. The van der Waals surface area contributed by atoms with Crippen LogP contribution in [0, 0.1) is 17.0 Å². The summed E-state index contributed by atoms with van der Waals surface area (Å²) in [5, 5.41) is 18.4. The van der Waals surface area contributed by atoms with Gasteiger partial charge in [-0.05, 0) is 37.1 Å². The van der Waals surface area contributed by atoms with Gasteiger partial charge in [-0.3, -0.25) is 39.5 Å². The third-order valence-electron chi connectivity index (χ3n) is 5.72. The smallest absolute Gasteiger partial charge is 0.410 e. The Hall–Kier alpha value is -4.85. The first-order valence-electron chi connectivity index (χ1n) is 11.9. The van der Waals surface area contributed by atoms with Crippen molar-refractivity contribution < 1.29 is 38.4 Å². The number of nitro groups is 1. The van der Waals surface area contributed by atoms with Gasteiger partial charge in [-0.2, -0.15) is 0 Å². The Morgan fingerprint density at radius 1 is 1.15 bits per heavy atom. The molecule has 1 saturated heterocycles. The maximum Gasteiger partial charge on any atom is 0.412 e. The summed E-state index contributed by atoms with van der Waals surface area (Å²) in [4.78, 5) is 71.4. The number of hydrogen-bond acceptors (Lipinski definition) is 10. The topological polar surface area (TPSA) is 186 Å². The van der Waals surface area contributed by atoms with Crippen molar-refractivity contribution in [3.63, 3.8) is 0 Å². The number of non-ortho nitro benzene ring substituents is 1. The van der Waals surface area contributed by atoms with Gasteiger partial charge in [0.2, 0.25) is 18.2 Å². The highest BCUT2D eigenvalue weighted by atomic mass is 16.6. The number of nitrogens with zero attached hydrogens (tertiary/aromatic N) is 2. The molecule has 0 bridgehead atoms. The summed E-state index contributed by atoms with van der Waals surface area (Å²) in [5.41, 5.74) is 1.11.